The Labute approximate surface area is 169 Å². The highest BCUT2D eigenvalue weighted by molar-refractivity contribution is 6.01. The van der Waals surface area contributed by atoms with Gasteiger partial charge < -0.3 is 19.9 Å². The average molecular weight is 386 g/mol. The molecule has 1 aromatic heterocycles. The number of aromatic nitrogens is 2. The van der Waals surface area contributed by atoms with Gasteiger partial charge in [-0.3, -0.25) is 0 Å². The molecule has 1 atom stereocenters. The Morgan fingerprint density at radius 1 is 1.03 bits per heavy atom. The predicted molar refractivity (Wildman–Crippen MR) is 114 cm³/mol. The second-order valence-corrected chi connectivity index (χ2v) is 6.70. The minimum atomic E-state index is -0.471. The first-order valence-electron chi connectivity index (χ1n) is 9.33. The minimum Gasteiger partial charge on any atom is -0.496 e. The van der Waals surface area contributed by atoms with E-state index in [-0.39, 0.29) is 6.03 Å². The zero-order valence-electron chi connectivity index (χ0n) is 16.3. The van der Waals surface area contributed by atoms with Crippen molar-refractivity contribution >= 4 is 22.5 Å². The summed E-state index contributed by atoms with van der Waals surface area (Å²) >= 11 is 0. The normalized spacial score (nSPS) is 11.8. The van der Waals surface area contributed by atoms with E-state index in [4.69, 9.17) is 4.74 Å². The molecular formula is C23H22N4O2. The van der Waals surface area contributed by atoms with Crippen LogP contribution in [0.2, 0.25) is 0 Å². The van der Waals surface area contributed by atoms with Crippen LogP contribution in [0, 0.1) is 0 Å². The molecule has 0 aliphatic heterocycles. The van der Waals surface area contributed by atoms with Gasteiger partial charge >= 0.3 is 6.03 Å². The lowest BCUT2D eigenvalue weighted by Gasteiger charge is -2.21. The molecule has 0 radical (unpaired) electrons. The molecule has 0 bridgehead atoms. The molecule has 0 fully saturated rings. The van der Waals surface area contributed by atoms with Crippen LogP contribution in [0.25, 0.3) is 10.8 Å². The van der Waals surface area contributed by atoms with Gasteiger partial charge in [0.15, 0.2) is 0 Å². The van der Waals surface area contributed by atoms with Crippen LogP contribution in [0.4, 0.5) is 10.5 Å². The topological polar surface area (TPSA) is 68.2 Å². The lowest BCUT2D eigenvalue weighted by atomic mass is 10.0. The summed E-state index contributed by atoms with van der Waals surface area (Å²) < 4.78 is 7.40. The van der Waals surface area contributed by atoms with Crippen molar-refractivity contribution in [2.24, 2.45) is 7.05 Å². The quantitative estimate of drug-likeness (QED) is 0.531. The zero-order valence-corrected chi connectivity index (χ0v) is 16.3. The number of para-hydroxylation sites is 1. The van der Waals surface area contributed by atoms with Gasteiger partial charge in [0.2, 0.25) is 0 Å². The number of carbonyl (C=O) groups excluding carboxylic acids is 1. The van der Waals surface area contributed by atoms with E-state index < -0.39 is 6.04 Å². The summed E-state index contributed by atoms with van der Waals surface area (Å²) in [6.45, 7) is 0. The third-order valence-electron chi connectivity index (χ3n) is 4.88. The number of nitrogens with one attached hydrogen (secondary N) is 2. The van der Waals surface area contributed by atoms with Crippen LogP contribution in [0.3, 0.4) is 0 Å². The lowest BCUT2D eigenvalue weighted by molar-refractivity contribution is 0.249. The summed E-state index contributed by atoms with van der Waals surface area (Å²) in [5.74, 6) is 1.40. The van der Waals surface area contributed by atoms with Crippen LogP contribution < -0.4 is 15.4 Å². The van der Waals surface area contributed by atoms with Gasteiger partial charge in [0.1, 0.15) is 17.6 Å². The Morgan fingerprint density at radius 3 is 2.59 bits per heavy atom. The Morgan fingerprint density at radius 2 is 1.79 bits per heavy atom. The standard InChI is InChI=1S/C23H22N4O2/c1-27-15-14-24-22(27)21(18-11-5-6-13-20(18)29-2)26-23(28)25-19-12-7-9-16-8-3-4-10-17(16)19/h3-15,21H,1-2H3,(H2,25,26,28). The smallest absolute Gasteiger partial charge is 0.320 e. The Hall–Kier alpha value is -3.80. The number of imidazole rings is 1. The van der Waals surface area contributed by atoms with Crippen LogP contribution in [0.1, 0.15) is 17.4 Å². The van der Waals surface area contributed by atoms with Gasteiger partial charge in [-0.15, -0.1) is 0 Å². The molecule has 0 aliphatic carbocycles. The molecule has 4 rings (SSSR count). The number of rotatable bonds is 5. The maximum atomic E-state index is 12.9. The van der Waals surface area contributed by atoms with E-state index in [1.807, 2.05) is 84.5 Å². The first-order chi connectivity index (χ1) is 14.2. The van der Waals surface area contributed by atoms with E-state index in [1.54, 1.807) is 13.3 Å². The summed E-state index contributed by atoms with van der Waals surface area (Å²) in [5, 5.41) is 8.08. The van der Waals surface area contributed by atoms with E-state index >= 15 is 0 Å². The molecule has 0 saturated heterocycles. The fraction of sp³-hybridized carbons (Fsp3) is 0.130. The van der Waals surface area contributed by atoms with Crippen LogP contribution in [-0.4, -0.2) is 22.7 Å². The summed E-state index contributed by atoms with van der Waals surface area (Å²) in [6.07, 6.45) is 3.56. The minimum absolute atomic E-state index is 0.319. The molecule has 146 valence electrons. The number of hydrogen-bond donors (Lipinski definition) is 2. The van der Waals surface area contributed by atoms with Gasteiger partial charge in [-0.05, 0) is 17.5 Å². The number of nitrogens with zero attached hydrogens (tertiary/aromatic N) is 2. The zero-order chi connectivity index (χ0) is 20.2. The van der Waals surface area contributed by atoms with Gasteiger partial charge in [-0.2, -0.15) is 0 Å². The maximum absolute atomic E-state index is 12.9. The number of methoxy groups -OCH3 is 1. The summed E-state index contributed by atoms with van der Waals surface area (Å²) in [7, 11) is 3.51. The van der Waals surface area contributed by atoms with Gasteiger partial charge in [0, 0.05) is 30.4 Å². The molecule has 1 unspecified atom stereocenters. The molecule has 0 aliphatic rings. The maximum Gasteiger partial charge on any atom is 0.320 e. The third-order valence-corrected chi connectivity index (χ3v) is 4.88. The second-order valence-electron chi connectivity index (χ2n) is 6.70. The molecule has 2 N–H and O–H groups in total. The van der Waals surface area contributed by atoms with Crippen molar-refractivity contribution in [3.63, 3.8) is 0 Å². The highest BCUT2D eigenvalue weighted by Crippen LogP contribution is 2.29. The largest absolute Gasteiger partial charge is 0.496 e. The highest BCUT2D eigenvalue weighted by atomic mass is 16.5. The number of ether oxygens (including phenoxy) is 1. The molecule has 6 heteroatoms. The molecule has 3 aromatic carbocycles. The number of fused-ring (bicyclic) bond motifs is 1. The van der Waals surface area contributed by atoms with Crippen molar-refractivity contribution < 1.29 is 9.53 Å². The highest BCUT2D eigenvalue weighted by Gasteiger charge is 2.24. The summed E-state index contributed by atoms with van der Waals surface area (Å²) in [5.41, 5.74) is 1.58. The number of urea groups is 1. The number of aryl methyl sites for hydroxylation is 1. The van der Waals surface area contributed by atoms with Crippen LogP contribution in [0.15, 0.2) is 79.1 Å². The fourth-order valence-corrected chi connectivity index (χ4v) is 3.47. The number of hydrogen-bond acceptors (Lipinski definition) is 3. The van der Waals surface area contributed by atoms with Crippen molar-refractivity contribution in [3.05, 3.63) is 90.5 Å². The average Bonchev–Trinajstić information content (AvgIpc) is 3.18. The second kappa shape index (κ2) is 8.06. The van der Waals surface area contributed by atoms with Crippen molar-refractivity contribution in [2.75, 3.05) is 12.4 Å². The van der Waals surface area contributed by atoms with Gasteiger partial charge in [-0.1, -0.05) is 54.6 Å². The van der Waals surface area contributed by atoms with E-state index in [9.17, 15) is 4.79 Å². The van der Waals surface area contributed by atoms with E-state index in [0.29, 0.717) is 11.6 Å². The van der Waals surface area contributed by atoms with Crippen LogP contribution in [-0.2, 0) is 7.05 Å². The van der Waals surface area contributed by atoms with Crippen molar-refractivity contribution in [2.45, 2.75) is 6.04 Å². The van der Waals surface area contributed by atoms with E-state index in [0.717, 1.165) is 22.0 Å². The number of carbonyl (C=O) groups is 1. The molecule has 29 heavy (non-hydrogen) atoms. The third kappa shape index (κ3) is 3.78. The lowest BCUT2D eigenvalue weighted by Crippen LogP contribution is -2.34. The molecule has 6 nitrogen and oxygen atoms in total. The molecule has 4 aromatic rings. The van der Waals surface area contributed by atoms with Gasteiger partial charge in [0.05, 0.1) is 12.8 Å². The molecule has 0 spiro atoms. The van der Waals surface area contributed by atoms with Crippen molar-refractivity contribution in [1.82, 2.24) is 14.9 Å². The Kier molecular flexibility index (Phi) is 5.16. The van der Waals surface area contributed by atoms with Crippen LogP contribution >= 0.6 is 0 Å². The van der Waals surface area contributed by atoms with Gasteiger partial charge in [0.25, 0.3) is 0 Å². The first kappa shape index (κ1) is 18.6. The predicted octanol–water partition coefficient (Wildman–Crippen LogP) is 4.49. The van der Waals surface area contributed by atoms with E-state index in [2.05, 4.69) is 15.6 Å². The van der Waals surface area contributed by atoms with Crippen LogP contribution in [0.5, 0.6) is 5.75 Å². The van der Waals surface area contributed by atoms with Crippen molar-refractivity contribution in [1.29, 1.82) is 0 Å². The Balaban J connectivity index is 1.66. The summed E-state index contributed by atoms with van der Waals surface area (Å²) in [4.78, 5) is 17.4. The number of anilines is 1. The molecule has 2 amide bonds. The monoisotopic (exact) mass is 386 g/mol. The Bertz CT molecular complexity index is 1150. The van der Waals surface area contributed by atoms with Gasteiger partial charge in [-0.25, -0.2) is 9.78 Å². The molecule has 1 heterocycles. The number of amides is 2. The van der Waals surface area contributed by atoms with E-state index in [1.165, 1.54) is 0 Å². The SMILES string of the molecule is COc1ccccc1C(NC(=O)Nc1cccc2ccccc12)c1nccn1C. The van der Waals surface area contributed by atoms with Crippen molar-refractivity contribution in [3.8, 4) is 5.75 Å². The fourth-order valence-electron chi connectivity index (χ4n) is 3.47. The number of benzene rings is 3. The molecule has 0 saturated carbocycles. The molecular weight excluding hydrogens is 364 g/mol. The first-order valence-corrected chi connectivity index (χ1v) is 9.33. The summed E-state index contributed by atoms with van der Waals surface area (Å²) in [6, 6.07) is 20.6.